The quantitative estimate of drug-likeness (QED) is 0.690. The van der Waals surface area contributed by atoms with Crippen molar-refractivity contribution >= 4 is 22.5 Å². The molecule has 0 aliphatic carbocycles. The van der Waals surface area contributed by atoms with Crippen LogP contribution in [0.4, 0.5) is 5.69 Å². The van der Waals surface area contributed by atoms with Crippen LogP contribution in [0.15, 0.2) is 30.5 Å². The largest absolute Gasteiger partial charge is 0.493 e. The lowest BCUT2D eigenvalue weighted by molar-refractivity contribution is -0.115. The van der Waals surface area contributed by atoms with Crippen LogP contribution in [0.1, 0.15) is 16.7 Å². The molecule has 0 saturated carbocycles. The Morgan fingerprint density at radius 3 is 2.30 bits per heavy atom. The smallest absolute Gasteiger partial charge is 0.228 e. The molecule has 0 unspecified atom stereocenters. The van der Waals surface area contributed by atoms with Crippen molar-refractivity contribution in [3.63, 3.8) is 0 Å². The highest BCUT2D eigenvalue weighted by atomic mass is 16.5. The summed E-state index contributed by atoms with van der Waals surface area (Å²) >= 11 is 0. The molecule has 1 heterocycles. The molecule has 142 valence electrons. The number of hydrogen-bond acceptors (Lipinski definition) is 4. The normalized spacial score (nSPS) is 10.7. The van der Waals surface area contributed by atoms with Gasteiger partial charge in [-0.3, -0.25) is 4.79 Å². The van der Waals surface area contributed by atoms with E-state index in [2.05, 4.69) is 10.3 Å². The summed E-state index contributed by atoms with van der Waals surface area (Å²) in [4.78, 5) is 15.9. The summed E-state index contributed by atoms with van der Waals surface area (Å²) in [6.45, 7) is 3.96. The number of carbonyl (C=O) groups is 1. The Kier molecular flexibility index (Phi) is 5.26. The highest BCUT2D eigenvalue weighted by molar-refractivity contribution is 6.00. The van der Waals surface area contributed by atoms with E-state index in [9.17, 15) is 4.79 Å². The maximum Gasteiger partial charge on any atom is 0.228 e. The number of hydrogen-bond donors (Lipinski definition) is 2. The molecule has 1 amide bonds. The van der Waals surface area contributed by atoms with Crippen LogP contribution in [-0.2, 0) is 11.2 Å². The molecule has 3 rings (SSSR count). The zero-order chi connectivity index (χ0) is 19.6. The lowest BCUT2D eigenvalue weighted by Gasteiger charge is -2.14. The fourth-order valence-corrected chi connectivity index (χ4v) is 3.33. The SMILES string of the molecule is COc1cc2[nH]cc(CC(=O)Nc3c(C)cccc3C)c2c(OC)c1OC. The van der Waals surface area contributed by atoms with Crippen LogP contribution in [0.5, 0.6) is 17.2 Å². The average molecular weight is 368 g/mol. The molecule has 6 heteroatoms. The number of amides is 1. The number of aromatic nitrogens is 1. The second-order valence-electron chi connectivity index (χ2n) is 6.37. The number of anilines is 1. The maximum atomic E-state index is 12.7. The predicted octanol–water partition coefficient (Wildman–Crippen LogP) is 3.99. The first-order chi connectivity index (χ1) is 13.0. The summed E-state index contributed by atoms with van der Waals surface area (Å²) in [5.41, 5.74) is 4.57. The number of aryl methyl sites for hydroxylation is 2. The number of benzene rings is 2. The number of para-hydroxylation sites is 1. The molecule has 3 aromatic rings. The van der Waals surface area contributed by atoms with Gasteiger partial charge in [-0.05, 0) is 30.5 Å². The van der Waals surface area contributed by atoms with Crippen LogP contribution in [0, 0.1) is 13.8 Å². The van der Waals surface area contributed by atoms with E-state index in [-0.39, 0.29) is 12.3 Å². The predicted molar refractivity (Wildman–Crippen MR) is 106 cm³/mol. The number of ether oxygens (including phenoxy) is 3. The van der Waals surface area contributed by atoms with Gasteiger partial charge in [0.05, 0.1) is 33.3 Å². The van der Waals surface area contributed by atoms with E-state index in [4.69, 9.17) is 14.2 Å². The van der Waals surface area contributed by atoms with Crippen LogP contribution in [0.2, 0.25) is 0 Å². The van der Waals surface area contributed by atoms with E-state index in [1.807, 2.05) is 44.3 Å². The number of fused-ring (bicyclic) bond motifs is 1. The molecule has 27 heavy (non-hydrogen) atoms. The monoisotopic (exact) mass is 368 g/mol. The van der Waals surface area contributed by atoms with E-state index >= 15 is 0 Å². The second-order valence-corrected chi connectivity index (χ2v) is 6.37. The molecule has 0 spiro atoms. The molecule has 2 N–H and O–H groups in total. The van der Waals surface area contributed by atoms with Crippen LogP contribution in [0.3, 0.4) is 0 Å². The molecule has 0 fully saturated rings. The van der Waals surface area contributed by atoms with Crippen LogP contribution in [-0.4, -0.2) is 32.2 Å². The summed E-state index contributed by atoms with van der Waals surface area (Å²) in [6, 6.07) is 7.77. The Morgan fingerprint density at radius 2 is 1.70 bits per heavy atom. The summed E-state index contributed by atoms with van der Waals surface area (Å²) in [5, 5.41) is 3.83. The van der Waals surface area contributed by atoms with Gasteiger partial charge in [0, 0.05) is 23.3 Å². The summed E-state index contributed by atoms with van der Waals surface area (Å²) in [6.07, 6.45) is 2.02. The van der Waals surface area contributed by atoms with Crippen molar-refractivity contribution in [2.24, 2.45) is 0 Å². The summed E-state index contributed by atoms with van der Waals surface area (Å²) in [7, 11) is 4.71. The third-order valence-corrected chi connectivity index (χ3v) is 4.65. The standard InChI is InChI=1S/C21H24N2O4/c1-12-7-6-8-13(2)19(12)23-17(24)9-14-11-22-15-10-16(25-3)20(26-4)21(27-5)18(14)15/h6-8,10-11,22H,9H2,1-5H3,(H,23,24). The average Bonchev–Trinajstić information content (AvgIpc) is 3.05. The first-order valence-corrected chi connectivity index (χ1v) is 8.65. The fraction of sp³-hybridized carbons (Fsp3) is 0.286. The van der Waals surface area contributed by atoms with Gasteiger partial charge < -0.3 is 24.5 Å². The minimum absolute atomic E-state index is 0.0925. The van der Waals surface area contributed by atoms with E-state index < -0.39 is 0 Å². The van der Waals surface area contributed by atoms with Gasteiger partial charge >= 0.3 is 0 Å². The first kappa shape index (κ1) is 18.6. The van der Waals surface area contributed by atoms with E-state index in [0.717, 1.165) is 33.3 Å². The zero-order valence-electron chi connectivity index (χ0n) is 16.2. The van der Waals surface area contributed by atoms with E-state index in [0.29, 0.717) is 17.2 Å². The van der Waals surface area contributed by atoms with Crippen molar-refractivity contribution in [2.45, 2.75) is 20.3 Å². The fourth-order valence-electron chi connectivity index (χ4n) is 3.33. The van der Waals surface area contributed by atoms with Gasteiger partial charge in [0.15, 0.2) is 11.5 Å². The van der Waals surface area contributed by atoms with Crippen molar-refractivity contribution in [3.8, 4) is 17.2 Å². The molecule has 0 saturated heterocycles. The number of carbonyl (C=O) groups excluding carboxylic acids is 1. The van der Waals surface area contributed by atoms with Gasteiger partial charge in [-0.2, -0.15) is 0 Å². The van der Waals surface area contributed by atoms with Crippen LogP contribution in [0.25, 0.3) is 10.9 Å². The molecular formula is C21H24N2O4. The Hall–Kier alpha value is -3.15. The summed E-state index contributed by atoms with van der Waals surface area (Å²) < 4.78 is 16.4. The minimum atomic E-state index is -0.0925. The van der Waals surface area contributed by atoms with Crippen molar-refractivity contribution < 1.29 is 19.0 Å². The van der Waals surface area contributed by atoms with E-state index in [1.54, 1.807) is 21.3 Å². The first-order valence-electron chi connectivity index (χ1n) is 8.65. The van der Waals surface area contributed by atoms with Crippen LogP contribution < -0.4 is 19.5 Å². The molecule has 0 bridgehead atoms. The number of H-pyrrole nitrogens is 1. The third kappa shape index (κ3) is 3.43. The van der Waals surface area contributed by atoms with E-state index in [1.165, 1.54) is 0 Å². The van der Waals surface area contributed by atoms with Crippen LogP contribution >= 0.6 is 0 Å². The number of nitrogens with one attached hydrogen (secondary N) is 2. The van der Waals surface area contributed by atoms with Gasteiger partial charge in [-0.15, -0.1) is 0 Å². The van der Waals surface area contributed by atoms with Gasteiger partial charge in [-0.25, -0.2) is 0 Å². The Morgan fingerprint density at radius 1 is 1.04 bits per heavy atom. The Bertz CT molecular complexity index is 971. The Labute approximate surface area is 158 Å². The Balaban J connectivity index is 1.97. The molecule has 0 aliphatic heterocycles. The lowest BCUT2D eigenvalue weighted by Crippen LogP contribution is -2.16. The zero-order valence-corrected chi connectivity index (χ0v) is 16.2. The topological polar surface area (TPSA) is 72.6 Å². The number of aromatic amines is 1. The van der Waals surface area contributed by atoms with Gasteiger partial charge in [0.25, 0.3) is 0 Å². The van der Waals surface area contributed by atoms with Crippen molar-refractivity contribution in [3.05, 3.63) is 47.2 Å². The van der Waals surface area contributed by atoms with Gasteiger partial charge in [-0.1, -0.05) is 18.2 Å². The van der Waals surface area contributed by atoms with Crippen molar-refractivity contribution in [1.29, 1.82) is 0 Å². The molecular weight excluding hydrogens is 344 g/mol. The number of methoxy groups -OCH3 is 3. The van der Waals surface area contributed by atoms with Crippen molar-refractivity contribution in [1.82, 2.24) is 4.98 Å². The van der Waals surface area contributed by atoms with Crippen molar-refractivity contribution in [2.75, 3.05) is 26.6 Å². The minimum Gasteiger partial charge on any atom is -0.493 e. The highest BCUT2D eigenvalue weighted by Gasteiger charge is 2.21. The second kappa shape index (κ2) is 7.61. The molecule has 2 aromatic carbocycles. The van der Waals surface area contributed by atoms with Gasteiger partial charge in [0.1, 0.15) is 0 Å². The number of rotatable bonds is 6. The molecule has 6 nitrogen and oxygen atoms in total. The molecule has 0 aliphatic rings. The third-order valence-electron chi connectivity index (χ3n) is 4.65. The summed E-state index contributed by atoms with van der Waals surface area (Å²) in [5.74, 6) is 1.52. The highest BCUT2D eigenvalue weighted by Crippen LogP contribution is 2.44. The maximum absolute atomic E-state index is 12.7. The lowest BCUT2D eigenvalue weighted by atomic mass is 10.1. The molecule has 0 radical (unpaired) electrons. The molecule has 0 atom stereocenters. The van der Waals surface area contributed by atoms with Gasteiger partial charge in [0.2, 0.25) is 11.7 Å². The molecule has 1 aromatic heterocycles.